The summed E-state index contributed by atoms with van der Waals surface area (Å²) in [7, 11) is 1.37. The van der Waals surface area contributed by atoms with Gasteiger partial charge in [-0.15, -0.1) is 0 Å². The van der Waals surface area contributed by atoms with Gasteiger partial charge < -0.3 is 4.74 Å². The Hall–Kier alpha value is -1.74. The monoisotopic (exact) mass is 239 g/mol. The molecule has 1 aliphatic carbocycles. The van der Waals surface area contributed by atoms with E-state index in [0.717, 1.165) is 12.5 Å². The number of hydrogen-bond donors (Lipinski definition) is 0. The molecule has 0 N–H and O–H groups in total. The summed E-state index contributed by atoms with van der Waals surface area (Å²) < 4.78 is 32.1. The molecule has 1 aromatic carbocycles. The third-order valence-corrected chi connectivity index (χ3v) is 3.18. The number of rotatable bonds is 3. The van der Waals surface area contributed by atoms with Crippen molar-refractivity contribution in [2.24, 2.45) is 4.99 Å². The second kappa shape index (κ2) is 4.26. The molecule has 0 aromatic heterocycles. The number of halogens is 2. The van der Waals surface area contributed by atoms with Crippen LogP contribution in [0.4, 0.5) is 8.78 Å². The molecule has 0 amide bonds. The van der Waals surface area contributed by atoms with E-state index >= 15 is 0 Å². The molecule has 0 atom stereocenters. The average Bonchev–Trinajstić information content (AvgIpc) is 2.28. The standard InChI is InChI=1S/C12H11F2NO2/c1-17-9-4-3-8(13)11(14)10(9)12(15-7-16)5-2-6-12/h3-4H,2,5-6H2,1H3. The predicted molar refractivity (Wildman–Crippen MR) is 56.6 cm³/mol. The van der Waals surface area contributed by atoms with E-state index in [9.17, 15) is 13.6 Å². The van der Waals surface area contributed by atoms with E-state index in [4.69, 9.17) is 4.74 Å². The summed E-state index contributed by atoms with van der Waals surface area (Å²) in [5, 5.41) is 0. The van der Waals surface area contributed by atoms with E-state index in [1.165, 1.54) is 19.3 Å². The van der Waals surface area contributed by atoms with Crippen LogP contribution in [0, 0.1) is 11.6 Å². The van der Waals surface area contributed by atoms with Gasteiger partial charge in [0, 0.05) is 0 Å². The highest BCUT2D eigenvalue weighted by atomic mass is 19.2. The van der Waals surface area contributed by atoms with Crippen LogP contribution in [0.2, 0.25) is 0 Å². The Kier molecular flexibility index (Phi) is 2.94. The van der Waals surface area contributed by atoms with E-state index in [1.807, 2.05) is 0 Å². The van der Waals surface area contributed by atoms with Crippen molar-refractivity contribution in [3.63, 3.8) is 0 Å². The quantitative estimate of drug-likeness (QED) is 0.600. The Morgan fingerprint density at radius 3 is 2.59 bits per heavy atom. The molecule has 0 aliphatic heterocycles. The van der Waals surface area contributed by atoms with Crippen molar-refractivity contribution in [1.29, 1.82) is 0 Å². The number of benzene rings is 1. The molecule has 5 heteroatoms. The lowest BCUT2D eigenvalue weighted by Crippen LogP contribution is -2.33. The highest BCUT2D eigenvalue weighted by molar-refractivity contribution is 5.46. The van der Waals surface area contributed by atoms with Crippen molar-refractivity contribution in [1.82, 2.24) is 0 Å². The van der Waals surface area contributed by atoms with E-state index in [2.05, 4.69) is 4.99 Å². The van der Waals surface area contributed by atoms with Gasteiger partial charge in [-0.3, -0.25) is 0 Å². The van der Waals surface area contributed by atoms with Gasteiger partial charge in [-0.25, -0.2) is 13.6 Å². The van der Waals surface area contributed by atoms with Crippen LogP contribution in [0.25, 0.3) is 0 Å². The third kappa shape index (κ3) is 1.72. The van der Waals surface area contributed by atoms with E-state index in [0.29, 0.717) is 12.8 Å². The zero-order valence-electron chi connectivity index (χ0n) is 9.30. The van der Waals surface area contributed by atoms with Crippen molar-refractivity contribution in [2.75, 3.05) is 7.11 Å². The first kappa shape index (κ1) is 11.7. The van der Waals surface area contributed by atoms with Gasteiger partial charge in [-0.05, 0) is 31.4 Å². The van der Waals surface area contributed by atoms with Crippen LogP contribution in [-0.2, 0) is 10.3 Å². The van der Waals surface area contributed by atoms with E-state index in [1.54, 1.807) is 0 Å². The van der Waals surface area contributed by atoms with Gasteiger partial charge in [0.2, 0.25) is 6.08 Å². The van der Waals surface area contributed by atoms with Crippen molar-refractivity contribution >= 4 is 6.08 Å². The molecule has 90 valence electrons. The summed E-state index contributed by atoms with van der Waals surface area (Å²) in [6.07, 6.45) is 3.25. The molecular formula is C12H11F2NO2. The lowest BCUT2D eigenvalue weighted by Gasteiger charge is -2.37. The molecule has 0 saturated heterocycles. The van der Waals surface area contributed by atoms with Crippen molar-refractivity contribution < 1.29 is 18.3 Å². The minimum absolute atomic E-state index is 0.0228. The topological polar surface area (TPSA) is 38.7 Å². The molecule has 1 fully saturated rings. The molecule has 17 heavy (non-hydrogen) atoms. The molecule has 1 aromatic rings. The second-order valence-electron chi connectivity index (χ2n) is 4.03. The Morgan fingerprint density at radius 2 is 2.12 bits per heavy atom. The van der Waals surface area contributed by atoms with Gasteiger partial charge in [-0.2, -0.15) is 4.99 Å². The summed E-state index contributed by atoms with van der Waals surface area (Å²) in [6, 6.07) is 2.34. The van der Waals surface area contributed by atoms with Crippen molar-refractivity contribution in [3.05, 3.63) is 29.3 Å². The first-order chi connectivity index (χ1) is 8.14. The first-order valence-corrected chi connectivity index (χ1v) is 5.26. The summed E-state index contributed by atoms with van der Waals surface area (Å²) in [4.78, 5) is 14.1. The number of ether oxygens (including phenoxy) is 1. The van der Waals surface area contributed by atoms with Crippen LogP contribution in [-0.4, -0.2) is 13.2 Å². The number of methoxy groups -OCH3 is 1. The molecule has 0 heterocycles. The Morgan fingerprint density at radius 1 is 1.41 bits per heavy atom. The van der Waals surface area contributed by atoms with E-state index in [-0.39, 0.29) is 11.3 Å². The third-order valence-electron chi connectivity index (χ3n) is 3.18. The van der Waals surface area contributed by atoms with Gasteiger partial charge in [0.05, 0.1) is 12.7 Å². The summed E-state index contributed by atoms with van der Waals surface area (Å²) in [6.45, 7) is 0. The summed E-state index contributed by atoms with van der Waals surface area (Å²) in [5.41, 5.74) is -0.978. The van der Waals surface area contributed by atoms with Crippen LogP contribution in [0.1, 0.15) is 24.8 Å². The van der Waals surface area contributed by atoms with Crippen molar-refractivity contribution in [2.45, 2.75) is 24.8 Å². The van der Waals surface area contributed by atoms with Crippen LogP contribution in [0.3, 0.4) is 0 Å². The molecule has 0 spiro atoms. The smallest absolute Gasteiger partial charge is 0.235 e. The predicted octanol–water partition coefficient (Wildman–Crippen LogP) is 2.69. The van der Waals surface area contributed by atoms with E-state index < -0.39 is 17.2 Å². The fourth-order valence-corrected chi connectivity index (χ4v) is 2.15. The van der Waals surface area contributed by atoms with Gasteiger partial charge in [0.15, 0.2) is 11.6 Å². The van der Waals surface area contributed by atoms with Gasteiger partial charge in [0.1, 0.15) is 11.3 Å². The minimum atomic E-state index is -1.00. The van der Waals surface area contributed by atoms with Crippen LogP contribution >= 0.6 is 0 Å². The Labute approximate surface area is 97.1 Å². The number of isocyanates is 1. The fourth-order valence-electron chi connectivity index (χ4n) is 2.15. The average molecular weight is 239 g/mol. The Bertz CT molecular complexity index is 492. The minimum Gasteiger partial charge on any atom is -0.496 e. The van der Waals surface area contributed by atoms with Gasteiger partial charge >= 0.3 is 0 Å². The zero-order valence-corrected chi connectivity index (χ0v) is 9.30. The largest absolute Gasteiger partial charge is 0.496 e. The van der Waals surface area contributed by atoms with Crippen LogP contribution in [0.15, 0.2) is 17.1 Å². The highest BCUT2D eigenvalue weighted by Gasteiger charge is 2.44. The molecule has 1 aliphatic rings. The molecule has 0 unspecified atom stereocenters. The van der Waals surface area contributed by atoms with Crippen LogP contribution in [0.5, 0.6) is 5.75 Å². The summed E-state index contributed by atoms with van der Waals surface area (Å²) in [5.74, 6) is -1.75. The number of nitrogens with zero attached hydrogens (tertiary/aromatic N) is 1. The van der Waals surface area contributed by atoms with Crippen LogP contribution < -0.4 is 4.74 Å². The SMILES string of the molecule is COc1ccc(F)c(F)c1C1(N=C=O)CCC1. The van der Waals surface area contributed by atoms with Gasteiger partial charge in [0.25, 0.3) is 0 Å². The lowest BCUT2D eigenvalue weighted by molar-refractivity contribution is 0.234. The normalized spacial score (nSPS) is 16.9. The summed E-state index contributed by atoms with van der Waals surface area (Å²) >= 11 is 0. The fraction of sp³-hybridized carbons (Fsp3) is 0.417. The second-order valence-corrected chi connectivity index (χ2v) is 4.03. The molecule has 2 rings (SSSR count). The lowest BCUT2D eigenvalue weighted by atomic mass is 9.71. The molecule has 3 nitrogen and oxygen atoms in total. The highest BCUT2D eigenvalue weighted by Crippen LogP contribution is 2.49. The van der Waals surface area contributed by atoms with Gasteiger partial charge in [-0.1, -0.05) is 0 Å². The van der Waals surface area contributed by atoms with Crippen molar-refractivity contribution in [3.8, 4) is 5.75 Å². The maximum Gasteiger partial charge on any atom is 0.235 e. The molecule has 1 saturated carbocycles. The maximum absolute atomic E-state index is 13.8. The molecule has 0 bridgehead atoms. The zero-order chi connectivity index (χ0) is 12.5. The Balaban J connectivity index is 2.63. The number of hydrogen-bond acceptors (Lipinski definition) is 3. The molecule has 0 radical (unpaired) electrons. The maximum atomic E-state index is 13.8. The number of aliphatic imine (C=N–C) groups is 1. The number of carbonyl (C=O) groups excluding carboxylic acids is 1. The molecular weight excluding hydrogens is 228 g/mol. The first-order valence-electron chi connectivity index (χ1n) is 5.26.